The van der Waals surface area contributed by atoms with Crippen LogP contribution in [0.5, 0.6) is 0 Å². The number of sulfonamides is 1. The van der Waals surface area contributed by atoms with Gasteiger partial charge in [-0.2, -0.15) is 0 Å². The second-order valence-electron chi connectivity index (χ2n) is 5.76. The molecule has 0 aliphatic carbocycles. The first-order valence-electron chi connectivity index (χ1n) is 7.81. The summed E-state index contributed by atoms with van der Waals surface area (Å²) in [5, 5.41) is 2.91. The van der Waals surface area contributed by atoms with E-state index >= 15 is 0 Å². The van der Waals surface area contributed by atoms with Crippen molar-refractivity contribution >= 4 is 73.4 Å². The Morgan fingerprint density at radius 3 is 2.39 bits per heavy atom. The highest BCUT2D eigenvalue weighted by molar-refractivity contribution is 7.92. The second kappa shape index (κ2) is 8.31. The predicted octanol–water partition coefficient (Wildman–Crippen LogP) is 6.07. The zero-order valence-corrected chi connectivity index (χ0v) is 18.2. The topological polar surface area (TPSA) is 75.3 Å². The lowest BCUT2D eigenvalue weighted by atomic mass is 10.2. The average molecular weight is 476 g/mol. The largest absolute Gasteiger partial charge is 0.322 e. The van der Waals surface area contributed by atoms with Crippen LogP contribution in [-0.4, -0.2) is 14.3 Å². The summed E-state index contributed by atoms with van der Waals surface area (Å²) in [6, 6.07) is 12.5. The molecule has 0 radical (unpaired) electrons. The number of nitrogens with one attached hydrogen (secondary N) is 2. The van der Waals surface area contributed by atoms with Gasteiger partial charge in [0.15, 0.2) is 0 Å². The van der Waals surface area contributed by atoms with Crippen molar-refractivity contribution in [3.63, 3.8) is 0 Å². The van der Waals surface area contributed by atoms with Crippen LogP contribution in [0.3, 0.4) is 0 Å². The molecule has 2 aromatic carbocycles. The van der Waals surface area contributed by atoms with Gasteiger partial charge in [-0.1, -0.05) is 53.0 Å². The molecular formula is C18H13Cl3N2O3S2. The second-order valence-corrected chi connectivity index (χ2v) is 10.1. The number of aryl methyl sites for hydroxylation is 1. The molecule has 28 heavy (non-hydrogen) atoms. The van der Waals surface area contributed by atoms with E-state index in [4.69, 9.17) is 34.8 Å². The van der Waals surface area contributed by atoms with Crippen LogP contribution < -0.4 is 10.0 Å². The molecule has 1 heterocycles. The van der Waals surface area contributed by atoms with E-state index < -0.39 is 15.9 Å². The van der Waals surface area contributed by atoms with E-state index in [1.165, 1.54) is 12.1 Å². The molecule has 0 atom stereocenters. The lowest BCUT2D eigenvalue weighted by molar-refractivity contribution is 0.102. The number of hydrogen-bond acceptors (Lipinski definition) is 4. The fourth-order valence-corrected chi connectivity index (χ4v) is 5.45. The highest BCUT2D eigenvalue weighted by atomic mass is 35.5. The predicted molar refractivity (Wildman–Crippen MR) is 116 cm³/mol. The maximum Gasteiger partial charge on any atom is 0.262 e. The van der Waals surface area contributed by atoms with Crippen LogP contribution in [0.25, 0.3) is 0 Å². The number of carbonyl (C=O) groups is 1. The van der Waals surface area contributed by atoms with Gasteiger partial charge in [0.05, 0.1) is 25.5 Å². The Hall–Kier alpha value is -1.77. The molecule has 5 nitrogen and oxygen atoms in total. The molecule has 0 saturated heterocycles. The summed E-state index contributed by atoms with van der Waals surface area (Å²) >= 11 is 19.0. The molecule has 0 saturated carbocycles. The van der Waals surface area contributed by atoms with E-state index in [0.29, 0.717) is 15.6 Å². The maximum atomic E-state index is 12.8. The molecule has 3 aromatic rings. The summed E-state index contributed by atoms with van der Waals surface area (Å²) in [4.78, 5) is 12.4. The number of halogens is 3. The minimum absolute atomic E-state index is 0.0136. The van der Waals surface area contributed by atoms with Crippen molar-refractivity contribution in [2.75, 3.05) is 10.0 Å². The number of amides is 1. The number of anilines is 2. The standard InChI is InChI=1S/C18H13Cl3N2O3S2/c1-10-6-7-11(22-18(24)12-9-16(20)27-17(12)21)8-15(10)28(25,26)23-14-5-3-2-4-13(14)19/h2-9,23H,1H3,(H,22,24). The van der Waals surface area contributed by atoms with Crippen LogP contribution >= 0.6 is 46.1 Å². The van der Waals surface area contributed by atoms with Gasteiger partial charge in [0.2, 0.25) is 0 Å². The third kappa shape index (κ3) is 4.61. The number of rotatable bonds is 5. The van der Waals surface area contributed by atoms with Gasteiger partial charge in [-0.25, -0.2) is 8.42 Å². The molecule has 2 N–H and O–H groups in total. The van der Waals surface area contributed by atoms with E-state index in [1.54, 1.807) is 43.3 Å². The fourth-order valence-electron chi connectivity index (χ4n) is 2.40. The van der Waals surface area contributed by atoms with Gasteiger partial charge in [0.1, 0.15) is 4.34 Å². The minimum atomic E-state index is -3.92. The van der Waals surface area contributed by atoms with E-state index in [9.17, 15) is 13.2 Å². The zero-order chi connectivity index (χ0) is 20.5. The smallest absolute Gasteiger partial charge is 0.262 e. The SMILES string of the molecule is Cc1ccc(NC(=O)c2cc(Cl)sc2Cl)cc1S(=O)(=O)Nc1ccccc1Cl. The molecule has 0 spiro atoms. The third-order valence-corrected chi connectivity index (χ3v) is 7.08. The first-order valence-corrected chi connectivity index (χ1v) is 11.2. The Labute approximate surface area is 181 Å². The van der Waals surface area contributed by atoms with Crippen molar-refractivity contribution in [3.05, 3.63) is 73.4 Å². The number of thiophene rings is 1. The molecule has 1 amide bonds. The molecule has 0 aliphatic rings. The Balaban J connectivity index is 1.90. The van der Waals surface area contributed by atoms with Gasteiger partial charge < -0.3 is 5.32 Å². The molecule has 3 rings (SSSR count). The monoisotopic (exact) mass is 474 g/mol. The van der Waals surface area contributed by atoms with Crippen molar-refractivity contribution in [3.8, 4) is 0 Å². The van der Waals surface area contributed by atoms with E-state index in [2.05, 4.69) is 10.0 Å². The number of hydrogen-bond donors (Lipinski definition) is 2. The lowest BCUT2D eigenvalue weighted by Crippen LogP contribution is -2.16. The van der Waals surface area contributed by atoms with Crippen LogP contribution in [0.15, 0.2) is 53.4 Å². The summed E-state index contributed by atoms with van der Waals surface area (Å²) in [6.07, 6.45) is 0. The molecule has 0 bridgehead atoms. The number of benzene rings is 2. The lowest BCUT2D eigenvalue weighted by Gasteiger charge is -2.13. The van der Waals surface area contributed by atoms with E-state index in [-0.39, 0.29) is 25.5 Å². The molecule has 1 aromatic heterocycles. The van der Waals surface area contributed by atoms with Crippen molar-refractivity contribution < 1.29 is 13.2 Å². The van der Waals surface area contributed by atoms with Gasteiger partial charge >= 0.3 is 0 Å². The zero-order valence-electron chi connectivity index (χ0n) is 14.3. The van der Waals surface area contributed by atoms with Gasteiger partial charge in [-0.15, -0.1) is 11.3 Å². The highest BCUT2D eigenvalue weighted by Crippen LogP contribution is 2.32. The molecule has 10 heteroatoms. The van der Waals surface area contributed by atoms with Crippen LogP contribution in [0.4, 0.5) is 11.4 Å². The summed E-state index contributed by atoms with van der Waals surface area (Å²) in [5.74, 6) is -0.487. The summed E-state index contributed by atoms with van der Waals surface area (Å²) in [7, 11) is -3.92. The van der Waals surface area contributed by atoms with Crippen molar-refractivity contribution in [2.24, 2.45) is 0 Å². The van der Waals surface area contributed by atoms with Crippen molar-refractivity contribution in [1.29, 1.82) is 0 Å². The summed E-state index contributed by atoms with van der Waals surface area (Å²) in [5.41, 5.74) is 1.29. The molecule has 0 unspecified atom stereocenters. The van der Waals surface area contributed by atoms with Crippen LogP contribution in [0.2, 0.25) is 13.7 Å². The normalized spacial score (nSPS) is 11.3. The molecule has 0 fully saturated rings. The number of carbonyl (C=O) groups excluding carboxylic acids is 1. The Kier molecular flexibility index (Phi) is 6.21. The fraction of sp³-hybridized carbons (Fsp3) is 0.0556. The first kappa shape index (κ1) is 21.0. The van der Waals surface area contributed by atoms with Gasteiger partial charge in [-0.05, 0) is 42.8 Å². The Morgan fingerprint density at radius 1 is 1.04 bits per heavy atom. The van der Waals surface area contributed by atoms with E-state index in [0.717, 1.165) is 11.3 Å². The quantitative estimate of drug-likeness (QED) is 0.470. The Morgan fingerprint density at radius 2 is 1.75 bits per heavy atom. The molecule has 0 aliphatic heterocycles. The van der Waals surface area contributed by atoms with Crippen LogP contribution in [-0.2, 0) is 10.0 Å². The van der Waals surface area contributed by atoms with Gasteiger partial charge in [0, 0.05) is 5.69 Å². The van der Waals surface area contributed by atoms with Crippen LogP contribution in [0.1, 0.15) is 15.9 Å². The average Bonchev–Trinajstić information content (AvgIpc) is 2.97. The number of para-hydroxylation sites is 1. The molecule has 146 valence electrons. The van der Waals surface area contributed by atoms with E-state index in [1.807, 2.05) is 0 Å². The highest BCUT2D eigenvalue weighted by Gasteiger charge is 2.20. The summed E-state index contributed by atoms with van der Waals surface area (Å²) < 4.78 is 28.7. The maximum absolute atomic E-state index is 12.8. The third-order valence-electron chi connectivity index (χ3n) is 3.76. The Bertz CT molecular complexity index is 1160. The van der Waals surface area contributed by atoms with Gasteiger partial charge in [-0.3, -0.25) is 9.52 Å². The van der Waals surface area contributed by atoms with Crippen molar-refractivity contribution in [2.45, 2.75) is 11.8 Å². The van der Waals surface area contributed by atoms with Crippen molar-refractivity contribution in [1.82, 2.24) is 0 Å². The van der Waals surface area contributed by atoms with Gasteiger partial charge in [0.25, 0.3) is 15.9 Å². The minimum Gasteiger partial charge on any atom is -0.322 e. The summed E-state index contributed by atoms with van der Waals surface area (Å²) in [6.45, 7) is 1.66. The molecular weight excluding hydrogens is 463 g/mol. The first-order chi connectivity index (χ1) is 13.2. The van der Waals surface area contributed by atoms with Crippen LogP contribution in [0, 0.1) is 6.92 Å².